The summed E-state index contributed by atoms with van der Waals surface area (Å²) in [6, 6.07) is 21.9. The smallest absolute Gasteiger partial charge is 0.0498 e. The average Bonchev–Trinajstić information content (AvgIpc) is 2.73. The minimum atomic E-state index is -1.21. The molecule has 1 aliphatic carbocycles. The van der Waals surface area contributed by atoms with Crippen LogP contribution in [0.25, 0.3) is 0 Å². The third-order valence-corrected chi connectivity index (χ3v) is 16.1. The molecule has 0 aromatic heterocycles. The number of benzene rings is 2. The molecule has 3 rings (SSSR count). The predicted octanol–water partition coefficient (Wildman–Crippen LogP) is 8.92. The molecule has 29 heavy (non-hydrogen) atoms. The van der Waals surface area contributed by atoms with E-state index in [1.165, 1.54) is 9.79 Å². The van der Waals surface area contributed by atoms with Crippen LogP contribution in [0.4, 0.5) is 3.89 Å². The zero-order valence-corrected chi connectivity index (χ0v) is 20.5. The summed E-state index contributed by atoms with van der Waals surface area (Å²) in [7, 11) is 0.857. The number of hydrogen-bond acceptors (Lipinski definition) is 3. The highest BCUT2D eigenvalue weighted by atomic mass is 33.2. The maximum absolute atomic E-state index is 12.5. The zero-order valence-electron chi connectivity index (χ0n) is 17.2. The molecule has 2 aromatic rings. The third kappa shape index (κ3) is 5.90. The Bertz CT molecular complexity index is 827. The third-order valence-electron chi connectivity index (χ3n) is 4.90. The van der Waals surface area contributed by atoms with Gasteiger partial charge in [0.2, 0.25) is 0 Å². The highest BCUT2D eigenvalue weighted by Crippen LogP contribution is 2.76. The summed E-state index contributed by atoms with van der Waals surface area (Å²) in [5.74, 6) is 0.457. The van der Waals surface area contributed by atoms with Gasteiger partial charge in [0.15, 0.2) is 0 Å². The van der Waals surface area contributed by atoms with Gasteiger partial charge in [0.25, 0.3) is 0 Å². The molecular formula is C24H29FS4. The van der Waals surface area contributed by atoms with E-state index in [0.29, 0.717) is 23.2 Å². The first-order valence-electron chi connectivity index (χ1n) is 9.77. The van der Waals surface area contributed by atoms with Gasteiger partial charge >= 0.3 is 0 Å². The molecule has 2 unspecified atom stereocenters. The molecule has 0 nitrogen and oxygen atoms in total. The molecule has 0 bridgehead atoms. The first-order valence-corrected chi connectivity index (χ1v) is 14.8. The Balaban J connectivity index is 1.87. The van der Waals surface area contributed by atoms with Gasteiger partial charge in [-0.15, -0.1) is 20.8 Å². The second-order valence-electron chi connectivity index (χ2n) is 7.95. The summed E-state index contributed by atoms with van der Waals surface area (Å²) >= 11 is 2.45. The molecule has 0 saturated heterocycles. The molecule has 0 saturated carbocycles. The van der Waals surface area contributed by atoms with E-state index in [-0.39, 0.29) is 4.75 Å². The fourth-order valence-corrected chi connectivity index (χ4v) is 13.4. The molecule has 1 aliphatic rings. The Hall–Kier alpha value is -0.750. The van der Waals surface area contributed by atoms with Gasteiger partial charge in [-0.3, -0.25) is 0 Å². The lowest BCUT2D eigenvalue weighted by atomic mass is 10.1. The van der Waals surface area contributed by atoms with Crippen molar-refractivity contribution in [3.63, 3.8) is 0 Å². The fourth-order valence-electron chi connectivity index (χ4n) is 3.20. The molecule has 2 atom stereocenters. The summed E-state index contributed by atoms with van der Waals surface area (Å²) in [5.41, 5.74) is 1.10. The minimum absolute atomic E-state index is 0.145. The summed E-state index contributed by atoms with van der Waals surface area (Å²) < 4.78 is 12.7. The average molecular weight is 465 g/mol. The van der Waals surface area contributed by atoms with E-state index in [1.807, 2.05) is 11.8 Å². The second kappa shape index (κ2) is 10.5. The molecule has 5 heteroatoms. The van der Waals surface area contributed by atoms with Crippen LogP contribution in [0.15, 0.2) is 94.3 Å². The normalized spacial score (nSPS) is 20.0. The maximum Gasteiger partial charge on any atom is 0.0498 e. The molecule has 2 aromatic carbocycles. The van der Waals surface area contributed by atoms with Crippen molar-refractivity contribution in [1.29, 1.82) is 0 Å². The molecule has 0 N–H and O–H groups in total. The Kier molecular flexibility index (Phi) is 8.32. The molecule has 0 amide bonds. The number of rotatable bonds is 8. The van der Waals surface area contributed by atoms with Crippen molar-refractivity contribution in [3.8, 4) is 0 Å². The van der Waals surface area contributed by atoms with Crippen molar-refractivity contribution in [1.82, 2.24) is 0 Å². The van der Waals surface area contributed by atoms with Crippen LogP contribution in [0.1, 0.15) is 27.2 Å². The van der Waals surface area contributed by atoms with E-state index in [1.54, 1.807) is 0 Å². The SMILES string of the molecule is CC(C)(C)S(CSC1C=CC(CSF)=CC1)(Sc1ccccc1)c1ccccc1. The van der Waals surface area contributed by atoms with Gasteiger partial charge in [0, 0.05) is 42.8 Å². The van der Waals surface area contributed by atoms with Crippen molar-refractivity contribution in [2.45, 2.75) is 47.0 Å². The van der Waals surface area contributed by atoms with Crippen molar-refractivity contribution in [2.75, 3.05) is 10.8 Å². The van der Waals surface area contributed by atoms with Gasteiger partial charge < -0.3 is 0 Å². The largest absolute Gasteiger partial charge is 0.165 e. The second-order valence-corrected chi connectivity index (χ2v) is 16.2. The molecule has 0 spiro atoms. The van der Waals surface area contributed by atoms with E-state index in [4.69, 9.17) is 0 Å². The lowest BCUT2D eigenvalue weighted by molar-refractivity contribution is 0.792. The summed E-state index contributed by atoms with van der Waals surface area (Å²) in [6.45, 7) is 7.16. The minimum Gasteiger partial charge on any atom is -0.165 e. The standard InChI is InChI=1S/C24H29FS4/c1-24(2,3)29(23-12-8-5-9-13-23,28-22-10-6-4-7-11-22)19-26-21-16-14-20(15-17-21)18-27-25/h4-16,21H,17-19H2,1-3H3. The summed E-state index contributed by atoms with van der Waals surface area (Å²) in [5, 5.41) is 1.55. The van der Waals surface area contributed by atoms with Crippen molar-refractivity contribution in [2.24, 2.45) is 0 Å². The topological polar surface area (TPSA) is 0 Å². The van der Waals surface area contributed by atoms with Crippen molar-refractivity contribution in [3.05, 3.63) is 84.5 Å². The van der Waals surface area contributed by atoms with E-state index < -0.39 is 9.06 Å². The van der Waals surface area contributed by atoms with Gasteiger partial charge in [0.1, 0.15) is 0 Å². The lowest BCUT2D eigenvalue weighted by Crippen LogP contribution is -2.25. The zero-order chi connectivity index (χ0) is 20.7. The molecule has 0 fully saturated rings. The van der Waals surface area contributed by atoms with Crippen molar-refractivity contribution >= 4 is 43.8 Å². The Morgan fingerprint density at radius 1 is 1.00 bits per heavy atom. The van der Waals surface area contributed by atoms with Crippen molar-refractivity contribution < 1.29 is 3.89 Å². The number of thioether (sulfide) groups is 1. The molecule has 0 radical (unpaired) electrons. The summed E-state index contributed by atoms with van der Waals surface area (Å²) in [6.07, 6.45) is 7.56. The first kappa shape index (κ1) is 22.9. The van der Waals surface area contributed by atoms with Gasteiger partial charge in [-0.25, -0.2) is 0 Å². The first-order chi connectivity index (χ1) is 13.9. The molecular weight excluding hydrogens is 436 g/mol. The van der Waals surface area contributed by atoms with Crippen LogP contribution in [0.2, 0.25) is 0 Å². The molecule has 0 aliphatic heterocycles. The monoisotopic (exact) mass is 464 g/mol. The summed E-state index contributed by atoms with van der Waals surface area (Å²) in [4.78, 5) is 2.79. The van der Waals surface area contributed by atoms with Gasteiger partial charge in [-0.2, -0.15) is 3.89 Å². The van der Waals surface area contributed by atoms with Gasteiger partial charge in [-0.1, -0.05) is 86.2 Å². The van der Waals surface area contributed by atoms with Crippen LogP contribution < -0.4 is 0 Å². The van der Waals surface area contributed by atoms with Crippen LogP contribution in [0.5, 0.6) is 0 Å². The highest BCUT2D eigenvalue weighted by Gasteiger charge is 2.40. The molecule has 156 valence electrons. The van der Waals surface area contributed by atoms with E-state index in [2.05, 4.69) is 110 Å². The molecule has 0 heterocycles. The van der Waals surface area contributed by atoms with Crippen LogP contribution in [-0.4, -0.2) is 20.8 Å². The highest BCUT2D eigenvalue weighted by molar-refractivity contribution is 8.95. The Morgan fingerprint density at radius 3 is 2.21 bits per heavy atom. The van der Waals surface area contributed by atoms with Crippen LogP contribution >= 0.6 is 43.8 Å². The van der Waals surface area contributed by atoms with Crippen LogP contribution in [0.3, 0.4) is 0 Å². The Morgan fingerprint density at radius 2 is 1.66 bits per heavy atom. The lowest BCUT2D eigenvalue weighted by Gasteiger charge is -2.50. The van der Waals surface area contributed by atoms with E-state index >= 15 is 0 Å². The maximum atomic E-state index is 12.5. The van der Waals surface area contributed by atoms with Gasteiger partial charge in [0.05, 0.1) is 0 Å². The number of hydrogen-bond donors (Lipinski definition) is 0. The van der Waals surface area contributed by atoms with E-state index in [0.717, 1.165) is 17.1 Å². The van der Waals surface area contributed by atoms with Crippen LogP contribution in [0, 0.1) is 0 Å². The number of halogens is 1. The number of allylic oxidation sites excluding steroid dienone is 2. The predicted molar refractivity (Wildman–Crippen MR) is 136 cm³/mol. The fraction of sp³-hybridized carbons (Fsp3) is 0.333. The van der Waals surface area contributed by atoms with Crippen LogP contribution in [-0.2, 0) is 0 Å². The van der Waals surface area contributed by atoms with Gasteiger partial charge in [-0.05, 0) is 36.3 Å². The quantitative estimate of drug-likeness (QED) is 0.358. The Labute approximate surface area is 189 Å². The van der Waals surface area contributed by atoms with E-state index in [9.17, 15) is 3.89 Å².